The highest BCUT2D eigenvalue weighted by atomic mass is 33.1. The molecule has 0 amide bonds. The van der Waals surface area contributed by atoms with Crippen LogP contribution in [0.3, 0.4) is 0 Å². The Morgan fingerprint density at radius 1 is 0.864 bits per heavy atom. The number of pyridine rings is 2. The van der Waals surface area contributed by atoms with Crippen molar-refractivity contribution in [1.82, 2.24) is 9.97 Å². The molecule has 0 N–H and O–H groups in total. The van der Waals surface area contributed by atoms with Crippen molar-refractivity contribution in [2.24, 2.45) is 0 Å². The number of aromatic nitrogens is 2. The first kappa shape index (κ1) is 17.4. The number of nitrogens with zero attached hydrogens (tertiary/aromatic N) is 2. The molecule has 0 aliphatic rings. The molecule has 0 saturated heterocycles. The van der Waals surface area contributed by atoms with E-state index in [1.165, 1.54) is 42.6 Å². The number of rotatable bonds is 9. The van der Waals surface area contributed by atoms with Gasteiger partial charge in [0.2, 0.25) is 0 Å². The third-order valence-corrected chi connectivity index (χ3v) is 5.46. The molecule has 0 aliphatic heterocycles. The summed E-state index contributed by atoms with van der Waals surface area (Å²) in [5.41, 5.74) is 4.41. The molecule has 4 heteroatoms. The largest absolute Gasteiger partial charge is 0.254 e. The molecule has 2 aromatic heterocycles. The zero-order valence-corrected chi connectivity index (χ0v) is 15.1. The van der Waals surface area contributed by atoms with E-state index in [0.29, 0.717) is 0 Å². The van der Waals surface area contributed by atoms with Gasteiger partial charge >= 0.3 is 0 Å². The average Bonchev–Trinajstić information content (AvgIpc) is 2.55. The van der Waals surface area contributed by atoms with Gasteiger partial charge in [0.1, 0.15) is 0 Å². The fourth-order valence-corrected chi connectivity index (χ4v) is 3.61. The van der Waals surface area contributed by atoms with Gasteiger partial charge in [-0.25, -0.2) is 0 Å². The van der Waals surface area contributed by atoms with Gasteiger partial charge in [0.25, 0.3) is 0 Å². The van der Waals surface area contributed by atoms with Crippen molar-refractivity contribution in [2.45, 2.75) is 39.0 Å². The molecule has 0 unspecified atom stereocenters. The molecule has 22 heavy (non-hydrogen) atoms. The van der Waals surface area contributed by atoms with Gasteiger partial charge in [0.05, 0.1) is 11.4 Å². The first-order valence-corrected chi connectivity index (χ1v) is 10.6. The molecule has 0 radical (unpaired) electrons. The molecule has 0 fully saturated rings. The predicted octanol–water partition coefficient (Wildman–Crippen LogP) is 5.57. The Bertz CT molecular complexity index is 538. The summed E-state index contributed by atoms with van der Waals surface area (Å²) >= 11 is 0. The minimum Gasteiger partial charge on any atom is -0.254 e. The van der Waals surface area contributed by atoms with Crippen LogP contribution in [0.4, 0.5) is 0 Å². The van der Waals surface area contributed by atoms with E-state index in [0.717, 1.165) is 17.8 Å². The maximum atomic E-state index is 4.55. The van der Waals surface area contributed by atoms with E-state index < -0.39 is 0 Å². The normalized spacial score (nSPS) is 10.8. The monoisotopic (exact) mass is 332 g/mol. The topological polar surface area (TPSA) is 25.8 Å². The van der Waals surface area contributed by atoms with Crippen LogP contribution < -0.4 is 0 Å². The Morgan fingerprint density at radius 2 is 1.59 bits per heavy atom. The number of unbranched alkanes of at least 4 members (excludes halogenated alkanes) is 3. The summed E-state index contributed by atoms with van der Waals surface area (Å²) in [5, 5.41) is 0. The second-order valence-electron chi connectivity index (χ2n) is 5.43. The van der Waals surface area contributed by atoms with Gasteiger partial charge in [0, 0.05) is 18.1 Å². The highest BCUT2D eigenvalue weighted by Gasteiger charge is 2.01. The molecule has 118 valence electrons. The van der Waals surface area contributed by atoms with E-state index in [2.05, 4.69) is 34.4 Å². The number of hydrogen-bond acceptors (Lipinski definition) is 4. The summed E-state index contributed by atoms with van der Waals surface area (Å²) in [5.74, 6) is 1.28. The fraction of sp³-hybridized carbons (Fsp3) is 0.444. The number of aryl methyl sites for hydroxylation is 2. The minimum absolute atomic E-state index is 0.948. The standard InChI is InChI=1S/C18H24N2S2/c1-15-8-10-17(19-13-15)18-11-9-16(14-20-18)7-5-3-4-6-12-22-21-2/h8-11,13-14H,3-7,12H2,1-2H3. The van der Waals surface area contributed by atoms with Crippen LogP contribution in [-0.4, -0.2) is 22.0 Å². The number of hydrogen-bond donors (Lipinski definition) is 0. The van der Waals surface area contributed by atoms with Crippen LogP contribution in [0.25, 0.3) is 11.4 Å². The SMILES string of the molecule is CSSCCCCCCc1ccc(-c2ccc(C)cn2)nc1. The van der Waals surface area contributed by atoms with E-state index in [4.69, 9.17) is 0 Å². The van der Waals surface area contributed by atoms with Crippen LogP contribution in [0.2, 0.25) is 0 Å². The summed E-state index contributed by atoms with van der Waals surface area (Å²) in [6, 6.07) is 8.38. The van der Waals surface area contributed by atoms with Gasteiger partial charge in [0.15, 0.2) is 0 Å². The van der Waals surface area contributed by atoms with Crippen LogP contribution in [0, 0.1) is 6.92 Å². The van der Waals surface area contributed by atoms with E-state index in [1.807, 2.05) is 47.0 Å². The van der Waals surface area contributed by atoms with Crippen LogP contribution in [0.15, 0.2) is 36.7 Å². The second-order valence-corrected chi connectivity index (χ2v) is 8.11. The van der Waals surface area contributed by atoms with E-state index >= 15 is 0 Å². The lowest BCUT2D eigenvalue weighted by Crippen LogP contribution is -1.91. The summed E-state index contributed by atoms with van der Waals surface area (Å²) in [6.45, 7) is 2.05. The smallest absolute Gasteiger partial charge is 0.0886 e. The van der Waals surface area contributed by atoms with Gasteiger partial charge in [-0.05, 0) is 55.7 Å². The maximum Gasteiger partial charge on any atom is 0.0886 e. The molecule has 0 atom stereocenters. The van der Waals surface area contributed by atoms with Gasteiger partial charge in [-0.2, -0.15) is 0 Å². The van der Waals surface area contributed by atoms with E-state index in [1.54, 1.807) is 0 Å². The maximum absolute atomic E-state index is 4.55. The highest BCUT2D eigenvalue weighted by molar-refractivity contribution is 8.76. The zero-order chi connectivity index (χ0) is 15.6. The third kappa shape index (κ3) is 6.01. The average molecular weight is 333 g/mol. The molecule has 0 aliphatic carbocycles. The van der Waals surface area contributed by atoms with Crippen LogP contribution in [0.1, 0.15) is 36.8 Å². The first-order valence-electron chi connectivity index (χ1n) is 7.83. The molecule has 0 bridgehead atoms. The van der Waals surface area contributed by atoms with Crippen molar-refractivity contribution in [2.75, 3.05) is 12.0 Å². The Balaban J connectivity index is 1.74. The summed E-state index contributed by atoms with van der Waals surface area (Å²) in [6.07, 6.45) is 12.4. The third-order valence-electron chi connectivity index (χ3n) is 3.56. The van der Waals surface area contributed by atoms with E-state index in [9.17, 15) is 0 Å². The quantitative estimate of drug-likeness (QED) is 0.443. The van der Waals surface area contributed by atoms with Gasteiger partial charge in [-0.1, -0.05) is 46.6 Å². The highest BCUT2D eigenvalue weighted by Crippen LogP contribution is 2.19. The van der Waals surface area contributed by atoms with Gasteiger partial charge in [-0.15, -0.1) is 0 Å². The van der Waals surface area contributed by atoms with E-state index in [-0.39, 0.29) is 0 Å². The molecule has 2 heterocycles. The molecule has 2 aromatic rings. The molecular weight excluding hydrogens is 308 g/mol. The molecule has 0 aromatic carbocycles. The summed E-state index contributed by atoms with van der Waals surface area (Å²) in [4.78, 5) is 8.97. The van der Waals surface area contributed by atoms with Crippen molar-refractivity contribution >= 4 is 21.6 Å². The van der Waals surface area contributed by atoms with Crippen molar-refractivity contribution in [3.8, 4) is 11.4 Å². The molecule has 2 rings (SSSR count). The van der Waals surface area contributed by atoms with Crippen LogP contribution in [0.5, 0.6) is 0 Å². The van der Waals surface area contributed by atoms with Gasteiger partial charge < -0.3 is 0 Å². The zero-order valence-electron chi connectivity index (χ0n) is 13.4. The summed E-state index contributed by atoms with van der Waals surface area (Å²) < 4.78 is 0. The Labute approximate surface area is 141 Å². The molecule has 2 nitrogen and oxygen atoms in total. The van der Waals surface area contributed by atoms with Crippen molar-refractivity contribution in [3.63, 3.8) is 0 Å². The lowest BCUT2D eigenvalue weighted by molar-refractivity contribution is 0.670. The lowest BCUT2D eigenvalue weighted by atomic mass is 10.1. The predicted molar refractivity (Wildman–Crippen MR) is 100 cm³/mol. The Kier molecular flexibility index (Phi) is 7.81. The second kappa shape index (κ2) is 9.90. The van der Waals surface area contributed by atoms with Crippen molar-refractivity contribution < 1.29 is 0 Å². The van der Waals surface area contributed by atoms with Crippen LogP contribution in [-0.2, 0) is 6.42 Å². The Hall–Kier alpha value is -1.00. The van der Waals surface area contributed by atoms with Crippen molar-refractivity contribution in [3.05, 3.63) is 47.8 Å². The molecule has 0 spiro atoms. The first-order chi connectivity index (χ1) is 10.8. The fourth-order valence-electron chi connectivity index (χ4n) is 2.27. The van der Waals surface area contributed by atoms with Gasteiger partial charge in [-0.3, -0.25) is 9.97 Å². The van der Waals surface area contributed by atoms with Crippen LogP contribution >= 0.6 is 21.6 Å². The van der Waals surface area contributed by atoms with Crippen molar-refractivity contribution in [1.29, 1.82) is 0 Å². The lowest BCUT2D eigenvalue weighted by Gasteiger charge is -2.04. The Morgan fingerprint density at radius 3 is 2.23 bits per heavy atom. The minimum atomic E-state index is 0.948. The molecule has 0 saturated carbocycles. The summed E-state index contributed by atoms with van der Waals surface area (Å²) in [7, 11) is 3.83. The molecular formula is C18H24N2S2.